The van der Waals surface area contributed by atoms with Crippen molar-refractivity contribution in [3.63, 3.8) is 0 Å². The maximum absolute atomic E-state index is 13.5. The minimum absolute atomic E-state index is 0.171. The monoisotopic (exact) mass is 514 g/mol. The van der Waals surface area contributed by atoms with E-state index in [1.54, 1.807) is 18.5 Å². The molecule has 1 aromatic heterocycles. The molecule has 4 aromatic rings. The van der Waals surface area contributed by atoms with Gasteiger partial charge in [-0.15, -0.1) is 0 Å². The number of fused-ring (bicyclic) bond motifs is 2. The van der Waals surface area contributed by atoms with Gasteiger partial charge in [0.2, 0.25) is 0 Å². The Morgan fingerprint density at radius 3 is 2.49 bits per heavy atom. The number of carbonyl (C=O) groups excluding carboxylic acids is 1. The smallest absolute Gasteiger partial charge is 0.326 e. The highest BCUT2D eigenvalue weighted by Crippen LogP contribution is 2.39. The van der Waals surface area contributed by atoms with E-state index in [0.717, 1.165) is 65.3 Å². The number of urea groups is 1. The Bertz CT molecular complexity index is 1460. The SMILES string of the molecule is CN1CCN(c2cc3c(cc2Cl)CCN3C(=O)Nc2cccc3c(Oc4ncccn4)cccc23)CC1. The number of aromatic nitrogens is 2. The van der Waals surface area contributed by atoms with Gasteiger partial charge in [0.1, 0.15) is 5.75 Å². The molecule has 0 spiro atoms. The molecule has 0 aliphatic carbocycles. The average Bonchev–Trinajstić information content (AvgIpc) is 3.33. The first-order valence-corrected chi connectivity index (χ1v) is 12.8. The zero-order valence-corrected chi connectivity index (χ0v) is 21.3. The molecule has 37 heavy (non-hydrogen) atoms. The van der Waals surface area contributed by atoms with Gasteiger partial charge in [-0.1, -0.05) is 35.9 Å². The van der Waals surface area contributed by atoms with Gasteiger partial charge in [0, 0.05) is 55.9 Å². The van der Waals surface area contributed by atoms with Crippen LogP contribution in [0.5, 0.6) is 11.8 Å². The summed E-state index contributed by atoms with van der Waals surface area (Å²) in [6.45, 7) is 4.40. The molecule has 2 amide bonds. The van der Waals surface area contributed by atoms with E-state index in [9.17, 15) is 4.79 Å². The number of likely N-dealkylation sites (N-methyl/N-ethyl adjacent to an activating group) is 1. The number of hydrogen-bond donors (Lipinski definition) is 1. The van der Waals surface area contributed by atoms with E-state index >= 15 is 0 Å². The van der Waals surface area contributed by atoms with Gasteiger partial charge < -0.3 is 19.9 Å². The molecule has 188 valence electrons. The first-order chi connectivity index (χ1) is 18.1. The number of benzene rings is 3. The summed E-state index contributed by atoms with van der Waals surface area (Å²) >= 11 is 6.68. The van der Waals surface area contributed by atoms with E-state index in [2.05, 4.69) is 38.2 Å². The van der Waals surface area contributed by atoms with Crippen LogP contribution in [0.25, 0.3) is 10.8 Å². The lowest BCUT2D eigenvalue weighted by molar-refractivity contribution is 0.257. The molecule has 0 atom stereocenters. The summed E-state index contributed by atoms with van der Waals surface area (Å²) in [6.07, 6.45) is 4.04. The first-order valence-electron chi connectivity index (χ1n) is 12.4. The Labute approximate surface area is 220 Å². The van der Waals surface area contributed by atoms with Crippen molar-refractivity contribution in [2.45, 2.75) is 6.42 Å². The average molecular weight is 515 g/mol. The van der Waals surface area contributed by atoms with E-state index in [-0.39, 0.29) is 12.0 Å². The van der Waals surface area contributed by atoms with Gasteiger partial charge in [0.05, 0.1) is 22.1 Å². The van der Waals surface area contributed by atoms with E-state index in [1.807, 2.05) is 47.4 Å². The molecule has 3 heterocycles. The summed E-state index contributed by atoms with van der Waals surface area (Å²) in [7, 11) is 2.13. The predicted octanol–water partition coefficient (Wildman–Crippen LogP) is 5.42. The van der Waals surface area contributed by atoms with Crippen molar-refractivity contribution in [2.75, 3.05) is 54.9 Å². The van der Waals surface area contributed by atoms with Crippen LogP contribution >= 0.6 is 11.6 Å². The van der Waals surface area contributed by atoms with Crippen LogP contribution in [0.1, 0.15) is 5.56 Å². The molecule has 8 nitrogen and oxygen atoms in total. The lowest BCUT2D eigenvalue weighted by Crippen LogP contribution is -2.44. The molecule has 0 radical (unpaired) electrons. The van der Waals surface area contributed by atoms with Crippen molar-refractivity contribution >= 4 is 45.5 Å². The number of amides is 2. The van der Waals surface area contributed by atoms with Crippen LogP contribution in [0.3, 0.4) is 0 Å². The Hall–Kier alpha value is -3.88. The summed E-state index contributed by atoms with van der Waals surface area (Å²) in [5.41, 5.74) is 3.71. The lowest BCUT2D eigenvalue weighted by atomic mass is 10.1. The van der Waals surface area contributed by atoms with Crippen molar-refractivity contribution in [3.8, 4) is 11.8 Å². The Morgan fingerprint density at radius 2 is 1.68 bits per heavy atom. The molecule has 1 saturated heterocycles. The lowest BCUT2D eigenvalue weighted by Gasteiger charge is -2.35. The normalized spacial score (nSPS) is 15.6. The number of nitrogens with one attached hydrogen (secondary N) is 1. The molecule has 6 rings (SSSR count). The number of anilines is 3. The third kappa shape index (κ3) is 4.65. The standard InChI is InChI=1S/C28H27ClN6O2/c1-33-13-15-34(16-14-33)25-18-24-19(17-22(25)29)9-12-35(24)28(36)32-23-7-2-6-21-20(23)5-3-8-26(21)37-27-30-10-4-11-31-27/h2-8,10-11,17-18H,9,12-16H2,1H3,(H,32,36). The zero-order chi connectivity index (χ0) is 25.4. The number of ether oxygens (including phenoxy) is 1. The second kappa shape index (κ2) is 9.88. The Morgan fingerprint density at radius 1 is 0.919 bits per heavy atom. The van der Waals surface area contributed by atoms with Gasteiger partial charge in [-0.25, -0.2) is 14.8 Å². The number of rotatable bonds is 4. The quantitative estimate of drug-likeness (QED) is 0.392. The van der Waals surface area contributed by atoms with Crippen LogP contribution < -0.4 is 19.9 Å². The molecular formula is C28H27ClN6O2. The molecule has 9 heteroatoms. The minimum atomic E-state index is -0.171. The molecule has 0 saturated carbocycles. The number of carbonyl (C=O) groups is 1. The van der Waals surface area contributed by atoms with Crippen LogP contribution in [0, 0.1) is 0 Å². The van der Waals surface area contributed by atoms with Gasteiger partial charge in [-0.2, -0.15) is 0 Å². The van der Waals surface area contributed by atoms with Crippen LogP contribution in [0.2, 0.25) is 5.02 Å². The highest BCUT2D eigenvalue weighted by molar-refractivity contribution is 6.33. The summed E-state index contributed by atoms with van der Waals surface area (Å²) in [6, 6.07) is 17.4. The third-order valence-corrected chi connectivity index (χ3v) is 7.30. The highest BCUT2D eigenvalue weighted by atomic mass is 35.5. The van der Waals surface area contributed by atoms with Crippen molar-refractivity contribution in [3.05, 3.63) is 77.6 Å². The van der Waals surface area contributed by atoms with E-state index < -0.39 is 0 Å². The molecular weight excluding hydrogens is 488 g/mol. The molecule has 1 N–H and O–H groups in total. The van der Waals surface area contributed by atoms with E-state index in [4.69, 9.17) is 16.3 Å². The van der Waals surface area contributed by atoms with Crippen molar-refractivity contribution in [1.29, 1.82) is 0 Å². The summed E-state index contributed by atoms with van der Waals surface area (Å²) < 4.78 is 5.92. The van der Waals surface area contributed by atoms with Crippen molar-refractivity contribution < 1.29 is 9.53 Å². The van der Waals surface area contributed by atoms with Crippen LogP contribution in [-0.2, 0) is 6.42 Å². The number of nitrogens with zero attached hydrogens (tertiary/aromatic N) is 5. The number of halogens is 1. The van der Waals surface area contributed by atoms with Gasteiger partial charge in [-0.05, 0) is 49.4 Å². The maximum Gasteiger partial charge on any atom is 0.326 e. The van der Waals surface area contributed by atoms with Gasteiger partial charge >= 0.3 is 12.0 Å². The molecule has 0 unspecified atom stereocenters. The van der Waals surface area contributed by atoms with E-state index in [1.165, 1.54) is 0 Å². The number of piperazine rings is 1. The fraction of sp³-hybridized carbons (Fsp3) is 0.250. The third-order valence-electron chi connectivity index (χ3n) is 7.00. The Kier molecular flexibility index (Phi) is 6.28. The van der Waals surface area contributed by atoms with Crippen molar-refractivity contribution in [1.82, 2.24) is 14.9 Å². The van der Waals surface area contributed by atoms with Gasteiger partial charge in [0.25, 0.3) is 0 Å². The van der Waals surface area contributed by atoms with Crippen molar-refractivity contribution in [2.24, 2.45) is 0 Å². The molecule has 0 bridgehead atoms. The van der Waals surface area contributed by atoms with E-state index in [0.29, 0.717) is 18.0 Å². The van der Waals surface area contributed by atoms with Crippen LogP contribution in [-0.4, -0.2) is 60.7 Å². The summed E-state index contributed by atoms with van der Waals surface area (Å²) in [4.78, 5) is 28.2. The van der Waals surface area contributed by atoms with Crippen LogP contribution in [0.15, 0.2) is 67.0 Å². The second-order valence-corrected chi connectivity index (χ2v) is 9.75. The van der Waals surface area contributed by atoms with Crippen LogP contribution in [0.4, 0.5) is 21.9 Å². The molecule has 3 aromatic carbocycles. The molecule has 2 aliphatic rings. The second-order valence-electron chi connectivity index (χ2n) is 9.34. The fourth-order valence-electron chi connectivity index (χ4n) is 5.00. The van der Waals surface area contributed by atoms with Gasteiger partial charge in [-0.3, -0.25) is 4.90 Å². The first kappa shape index (κ1) is 23.5. The largest absolute Gasteiger partial charge is 0.424 e. The molecule has 1 fully saturated rings. The summed E-state index contributed by atoms with van der Waals surface area (Å²) in [5.74, 6) is 0.623. The fourth-order valence-corrected chi connectivity index (χ4v) is 5.30. The van der Waals surface area contributed by atoms with Gasteiger partial charge in [0.15, 0.2) is 0 Å². The Balaban J connectivity index is 1.26. The molecule has 2 aliphatic heterocycles. The topological polar surface area (TPSA) is 73.8 Å². The summed E-state index contributed by atoms with van der Waals surface area (Å²) in [5, 5.41) is 5.60. The minimum Gasteiger partial charge on any atom is -0.424 e. The maximum atomic E-state index is 13.5. The zero-order valence-electron chi connectivity index (χ0n) is 20.5. The number of hydrogen-bond acceptors (Lipinski definition) is 6. The highest BCUT2D eigenvalue weighted by Gasteiger charge is 2.28. The predicted molar refractivity (Wildman–Crippen MR) is 147 cm³/mol.